The second kappa shape index (κ2) is 10.1. The van der Waals surface area contributed by atoms with Crippen LogP contribution in [0.5, 0.6) is 0 Å². The van der Waals surface area contributed by atoms with E-state index in [1.165, 1.54) is 42.5 Å². The van der Waals surface area contributed by atoms with Gasteiger partial charge in [0.15, 0.2) is 0 Å². The standard InChI is InChI=1S/C24H33ClN2/c1-3-4-5-8-22-19-21(12-11-20(22)2)13-14-26-15-17-27(18-16-26)24-10-7-6-9-23(24)25/h6-7,9-12,19H,3-5,8,13-18H2,1-2H3. The average molecular weight is 385 g/mol. The molecule has 3 rings (SSSR count). The van der Waals surface area contributed by atoms with Crippen LogP contribution in [0, 0.1) is 6.92 Å². The Morgan fingerprint density at radius 3 is 2.44 bits per heavy atom. The zero-order chi connectivity index (χ0) is 19.1. The van der Waals surface area contributed by atoms with Gasteiger partial charge in [0.05, 0.1) is 10.7 Å². The first-order valence-corrected chi connectivity index (χ1v) is 10.9. The highest BCUT2D eigenvalue weighted by Crippen LogP contribution is 2.26. The number of hydrogen-bond acceptors (Lipinski definition) is 2. The maximum absolute atomic E-state index is 6.35. The Bertz CT molecular complexity index is 720. The molecule has 0 radical (unpaired) electrons. The number of anilines is 1. The van der Waals surface area contributed by atoms with E-state index in [2.05, 4.69) is 54.0 Å². The van der Waals surface area contributed by atoms with E-state index in [1.807, 2.05) is 12.1 Å². The predicted octanol–water partition coefficient (Wildman–Crippen LogP) is 5.75. The molecule has 2 nitrogen and oxygen atoms in total. The number of para-hydroxylation sites is 1. The van der Waals surface area contributed by atoms with Crippen LogP contribution >= 0.6 is 11.6 Å². The lowest BCUT2D eigenvalue weighted by Gasteiger charge is -2.36. The molecule has 146 valence electrons. The number of halogens is 1. The smallest absolute Gasteiger partial charge is 0.0639 e. The van der Waals surface area contributed by atoms with E-state index in [1.54, 1.807) is 5.56 Å². The average Bonchev–Trinajstić information content (AvgIpc) is 2.69. The number of aryl methyl sites for hydroxylation is 2. The first-order chi connectivity index (χ1) is 13.2. The van der Waals surface area contributed by atoms with Crippen molar-refractivity contribution in [1.82, 2.24) is 4.90 Å². The van der Waals surface area contributed by atoms with Gasteiger partial charge < -0.3 is 4.90 Å². The summed E-state index contributed by atoms with van der Waals surface area (Å²) >= 11 is 6.35. The summed E-state index contributed by atoms with van der Waals surface area (Å²) in [6.45, 7) is 10.0. The quantitative estimate of drug-likeness (QED) is 0.535. The van der Waals surface area contributed by atoms with Crippen molar-refractivity contribution in [2.75, 3.05) is 37.6 Å². The number of piperazine rings is 1. The Kier molecular flexibility index (Phi) is 7.60. The molecule has 0 N–H and O–H groups in total. The molecule has 0 aliphatic carbocycles. The van der Waals surface area contributed by atoms with Crippen molar-refractivity contribution in [3.8, 4) is 0 Å². The summed E-state index contributed by atoms with van der Waals surface area (Å²) < 4.78 is 0. The molecule has 3 heteroatoms. The lowest BCUT2D eigenvalue weighted by molar-refractivity contribution is 0.261. The second-order valence-electron chi connectivity index (χ2n) is 7.75. The highest BCUT2D eigenvalue weighted by atomic mass is 35.5. The molecular weight excluding hydrogens is 352 g/mol. The lowest BCUT2D eigenvalue weighted by Crippen LogP contribution is -2.47. The van der Waals surface area contributed by atoms with Crippen molar-refractivity contribution in [1.29, 1.82) is 0 Å². The van der Waals surface area contributed by atoms with Crippen molar-refractivity contribution in [2.24, 2.45) is 0 Å². The minimum atomic E-state index is 0.862. The zero-order valence-corrected chi connectivity index (χ0v) is 17.6. The van der Waals surface area contributed by atoms with Gasteiger partial charge in [-0.2, -0.15) is 0 Å². The van der Waals surface area contributed by atoms with Crippen LogP contribution < -0.4 is 4.90 Å². The third-order valence-electron chi connectivity index (χ3n) is 5.75. The van der Waals surface area contributed by atoms with Crippen LogP contribution in [0.3, 0.4) is 0 Å². The van der Waals surface area contributed by atoms with Crippen molar-refractivity contribution in [3.05, 3.63) is 64.2 Å². The molecular formula is C24H33ClN2. The zero-order valence-electron chi connectivity index (χ0n) is 16.9. The molecule has 1 heterocycles. The van der Waals surface area contributed by atoms with Crippen LogP contribution in [0.15, 0.2) is 42.5 Å². The van der Waals surface area contributed by atoms with E-state index in [0.29, 0.717) is 0 Å². The van der Waals surface area contributed by atoms with Gasteiger partial charge in [-0.15, -0.1) is 0 Å². The Balaban J connectivity index is 1.49. The van der Waals surface area contributed by atoms with Crippen molar-refractivity contribution < 1.29 is 0 Å². The van der Waals surface area contributed by atoms with Gasteiger partial charge in [-0.3, -0.25) is 4.90 Å². The summed E-state index contributed by atoms with van der Waals surface area (Å²) in [5, 5.41) is 0.862. The normalized spacial score (nSPS) is 15.3. The molecule has 27 heavy (non-hydrogen) atoms. The van der Waals surface area contributed by atoms with Gasteiger partial charge in [0.2, 0.25) is 0 Å². The molecule has 0 spiro atoms. The number of unbranched alkanes of at least 4 members (excludes halogenated alkanes) is 2. The van der Waals surface area contributed by atoms with E-state index in [4.69, 9.17) is 11.6 Å². The monoisotopic (exact) mass is 384 g/mol. The molecule has 0 saturated carbocycles. The van der Waals surface area contributed by atoms with Crippen LogP contribution in [0.1, 0.15) is 42.9 Å². The minimum absolute atomic E-state index is 0.862. The summed E-state index contributed by atoms with van der Waals surface area (Å²) in [6.07, 6.45) is 6.31. The van der Waals surface area contributed by atoms with Gasteiger partial charge in [-0.25, -0.2) is 0 Å². The first-order valence-electron chi connectivity index (χ1n) is 10.5. The third kappa shape index (κ3) is 5.73. The van der Waals surface area contributed by atoms with E-state index in [-0.39, 0.29) is 0 Å². The molecule has 1 fully saturated rings. The van der Waals surface area contributed by atoms with Gasteiger partial charge in [-0.1, -0.05) is 61.7 Å². The highest BCUT2D eigenvalue weighted by molar-refractivity contribution is 6.33. The summed E-state index contributed by atoms with van der Waals surface area (Å²) in [6, 6.07) is 15.3. The molecule has 2 aromatic rings. The van der Waals surface area contributed by atoms with Crippen LogP contribution in [-0.4, -0.2) is 37.6 Å². The summed E-state index contributed by atoms with van der Waals surface area (Å²) in [4.78, 5) is 5.00. The maximum atomic E-state index is 6.35. The first kappa shape index (κ1) is 20.2. The summed E-state index contributed by atoms with van der Waals surface area (Å²) in [5.74, 6) is 0. The van der Waals surface area contributed by atoms with Crippen molar-refractivity contribution in [3.63, 3.8) is 0 Å². The third-order valence-corrected chi connectivity index (χ3v) is 6.06. The highest BCUT2D eigenvalue weighted by Gasteiger charge is 2.18. The fraction of sp³-hybridized carbons (Fsp3) is 0.500. The van der Waals surface area contributed by atoms with Crippen molar-refractivity contribution in [2.45, 2.75) is 46.0 Å². The van der Waals surface area contributed by atoms with Gasteiger partial charge in [0.25, 0.3) is 0 Å². The van der Waals surface area contributed by atoms with Gasteiger partial charge in [0, 0.05) is 32.7 Å². The van der Waals surface area contributed by atoms with E-state index in [9.17, 15) is 0 Å². The molecule has 1 aliphatic heterocycles. The Morgan fingerprint density at radius 2 is 1.70 bits per heavy atom. The van der Waals surface area contributed by atoms with E-state index < -0.39 is 0 Å². The predicted molar refractivity (Wildman–Crippen MR) is 118 cm³/mol. The Morgan fingerprint density at radius 1 is 0.926 bits per heavy atom. The lowest BCUT2D eigenvalue weighted by atomic mass is 9.98. The minimum Gasteiger partial charge on any atom is -0.368 e. The molecule has 0 atom stereocenters. The summed E-state index contributed by atoms with van der Waals surface area (Å²) in [7, 11) is 0. The van der Waals surface area contributed by atoms with Crippen LogP contribution in [-0.2, 0) is 12.8 Å². The SMILES string of the molecule is CCCCCc1cc(CCN2CCN(c3ccccc3Cl)CC2)ccc1C. The molecule has 1 saturated heterocycles. The van der Waals surface area contributed by atoms with E-state index in [0.717, 1.165) is 44.2 Å². The molecule has 1 aliphatic rings. The molecule has 0 bridgehead atoms. The Hall–Kier alpha value is -1.51. The number of benzene rings is 2. The number of nitrogens with zero attached hydrogens (tertiary/aromatic N) is 2. The van der Waals surface area contributed by atoms with Crippen LogP contribution in [0.25, 0.3) is 0 Å². The fourth-order valence-corrected chi connectivity index (χ4v) is 4.18. The number of hydrogen-bond donors (Lipinski definition) is 0. The molecule has 0 unspecified atom stereocenters. The number of rotatable bonds is 8. The Labute approximate surface area is 170 Å². The van der Waals surface area contributed by atoms with Crippen molar-refractivity contribution >= 4 is 17.3 Å². The second-order valence-corrected chi connectivity index (χ2v) is 8.16. The van der Waals surface area contributed by atoms with Gasteiger partial charge in [0.1, 0.15) is 0 Å². The van der Waals surface area contributed by atoms with E-state index >= 15 is 0 Å². The molecule has 0 aromatic heterocycles. The maximum Gasteiger partial charge on any atom is 0.0639 e. The van der Waals surface area contributed by atoms with Crippen LogP contribution in [0.4, 0.5) is 5.69 Å². The molecule has 2 aromatic carbocycles. The van der Waals surface area contributed by atoms with Gasteiger partial charge >= 0.3 is 0 Å². The molecule has 0 amide bonds. The van der Waals surface area contributed by atoms with Crippen LogP contribution in [0.2, 0.25) is 5.02 Å². The largest absolute Gasteiger partial charge is 0.368 e. The topological polar surface area (TPSA) is 6.48 Å². The summed E-state index contributed by atoms with van der Waals surface area (Å²) in [5.41, 5.74) is 5.66. The fourth-order valence-electron chi connectivity index (χ4n) is 3.92. The van der Waals surface area contributed by atoms with Gasteiger partial charge in [-0.05, 0) is 55.0 Å².